The number of ether oxygens (including phenoxy) is 1. The van der Waals surface area contributed by atoms with Gasteiger partial charge in [0.1, 0.15) is 5.75 Å². The van der Waals surface area contributed by atoms with Gasteiger partial charge in [0.25, 0.3) is 0 Å². The van der Waals surface area contributed by atoms with Gasteiger partial charge < -0.3 is 9.64 Å². The molecule has 1 atom stereocenters. The summed E-state index contributed by atoms with van der Waals surface area (Å²) >= 11 is 0. The van der Waals surface area contributed by atoms with Crippen LogP contribution < -0.4 is 4.74 Å². The van der Waals surface area contributed by atoms with Gasteiger partial charge >= 0.3 is 0 Å². The zero-order valence-corrected chi connectivity index (χ0v) is 10.9. The van der Waals surface area contributed by atoms with Gasteiger partial charge in [-0.25, -0.2) is 0 Å². The van der Waals surface area contributed by atoms with Crippen LogP contribution in [0.15, 0.2) is 18.2 Å². The highest BCUT2D eigenvalue weighted by Crippen LogP contribution is 2.41. The Morgan fingerprint density at radius 1 is 1.31 bits per heavy atom. The second-order valence-electron chi connectivity index (χ2n) is 5.43. The second-order valence-corrected chi connectivity index (χ2v) is 5.43. The van der Waals surface area contributed by atoms with Crippen LogP contribution in [0.1, 0.15) is 25.0 Å². The van der Waals surface area contributed by atoms with Gasteiger partial charge in [0.15, 0.2) is 0 Å². The standard InChI is InChI=1S/C14H21NO/c1-14(2)12-9-11(16-5)7-6-10(12)8-13(14)15(3)4/h6-7,9,13H,8H2,1-5H3. The maximum atomic E-state index is 5.31. The van der Waals surface area contributed by atoms with Crippen molar-refractivity contribution in [3.63, 3.8) is 0 Å². The van der Waals surface area contributed by atoms with Crippen LogP contribution in [-0.4, -0.2) is 32.1 Å². The first-order valence-corrected chi connectivity index (χ1v) is 5.80. The van der Waals surface area contributed by atoms with Crippen LogP contribution in [0, 0.1) is 0 Å². The van der Waals surface area contributed by atoms with Crippen molar-refractivity contribution >= 4 is 0 Å². The monoisotopic (exact) mass is 219 g/mol. The zero-order valence-electron chi connectivity index (χ0n) is 10.9. The van der Waals surface area contributed by atoms with Crippen LogP contribution in [0.5, 0.6) is 5.75 Å². The SMILES string of the molecule is COc1ccc2c(c1)C(C)(C)C(N(C)C)C2. The highest BCUT2D eigenvalue weighted by Gasteiger charge is 2.40. The molecule has 2 nitrogen and oxygen atoms in total. The van der Waals surface area contributed by atoms with Gasteiger partial charge in [-0.05, 0) is 43.8 Å². The van der Waals surface area contributed by atoms with E-state index in [4.69, 9.17) is 4.74 Å². The maximum absolute atomic E-state index is 5.31. The van der Waals surface area contributed by atoms with E-state index in [1.54, 1.807) is 7.11 Å². The van der Waals surface area contributed by atoms with Gasteiger partial charge in [0.2, 0.25) is 0 Å². The van der Waals surface area contributed by atoms with Crippen molar-refractivity contribution in [2.75, 3.05) is 21.2 Å². The fraction of sp³-hybridized carbons (Fsp3) is 0.571. The van der Waals surface area contributed by atoms with Gasteiger partial charge in [-0.2, -0.15) is 0 Å². The summed E-state index contributed by atoms with van der Waals surface area (Å²) < 4.78 is 5.31. The highest BCUT2D eigenvalue weighted by atomic mass is 16.5. The van der Waals surface area contributed by atoms with Gasteiger partial charge in [-0.1, -0.05) is 19.9 Å². The summed E-state index contributed by atoms with van der Waals surface area (Å²) in [6, 6.07) is 7.04. The van der Waals surface area contributed by atoms with Crippen molar-refractivity contribution in [2.45, 2.75) is 31.7 Å². The number of likely N-dealkylation sites (N-methyl/N-ethyl adjacent to an activating group) is 1. The van der Waals surface area contributed by atoms with Gasteiger partial charge in [-0.15, -0.1) is 0 Å². The summed E-state index contributed by atoms with van der Waals surface area (Å²) in [4.78, 5) is 2.33. The molecule has 2 rings (SSSR count). The molecule has 0 radical (unpaired) electrons. The van der Waals surface area contributed by atoms with Crippen LogP contribution in [0.3, 0.4) is 0 Å². The van der Waals surface area contributed by atoms with Crippen molar-refractivity contribution in [3.8, 4) is 5.75 Å². The largest absolute Gasteiger partial charge is 0.497 e. The van der Waals surface area contributed by atoms with Crippen molar-refractivity contribution in [3.05, 3.63) is 29.3 Å². The van der Waals surface area contributed by atoms with Crippen LogP contribution in [0.4, 0.5) is 0 Å². The molecule has 1 aliphatic carbocycles. The molecule has 0 saturated carbocycles. The first-order valence-electron chi connectivity index (χ1n) is 5.80. The third-order valence-corrected chi connectivity index (χ3v) is 3.88. The second kappa shape index (κ2) is 3.77. The zero-order chi connectivity index (χ0) is 11.9. The Bertz CT molecular complexity index is 396. The third-order valence-electron chi connectivity index (χ3n) is 3.88. The topological polar surface area (TPSA) is 12.5 Å². The molecule has 0 N–H and O–H groups in total. The van der Waals surface area contributed by atoms with Crippen molar-refractivity contribution in [1.29, 1.82) is 0 Å². The molecule has 0 heterocycles. The molecule has 2 heteroatoms. The number of nitrogens with zero attached hydrogens (tertiary/aromatic N) is 1. The van der Waals surface area contributed by atoms with Crippen LogP contribution in [0.25, 0.3) is 0 Å². The molecule has 0 aliphatic heterocycles. The molecule has 1 aromatic rings. The Balaban J connectivity index is 2.45. The quantitative estimate of drug-likeness (QED) is 0.757. The van der Waals surface area contributed by atoms with E-state index in [0.717, 1.165) is 12.2 Å². The van der Waals surface area contributed by atoms with E-state index in [9.17, 15) is 0 Å². The first-order chi connectivity index (χ1) is 7.46. The lowest BCUT2D eigenvalue weighted by Gasteiger charge is -2.33. The number of hydrogen-bond donors (Lipinski definition) is 0. The van der Waals surface area contributed by atoms with E-state index in [1.165, 1.54) is 11.1 Å². The minimum Gasteiger partial charge on any atom is -0.497 e. The molecule has 0 amide bonds. The number of benzene rings is 1. The lowest BCUT2D eigenvalue weighted by atomic mass is 9.82. The molecule has 1 aromatic carbocycles. The molecule has 0 saturated heterocycles. The maximum Gasteiger partial charge on any atom is 0.119 e. The Labute approximate surface area is 98.2 Å². The van der Waals surface area contributed by atoms with E-state index in [0.29, 0.717) is 6.04 Å². The summed E-state index contributed by atoms with van der Waals surface area (Å²) in [5, 5.41) is 0. The molecule has 1 aliphatic rings. The Kier molecular flexibility index (Phi) is 2.70. The van der Waals surface area contributed by atoms with E-state index < -0.39 is 0 Å². The highest BCUT2D eigenvalue weighted by molar-refractivity contribution is 5.45. The summed E-state index contributed by atoms with van der Waals surface area (Å²) in [6.45, 7) is 4.64. The molecule has 0 aromatic heterocycles. The Hall–Kier alpha value is -1.02. The predicted octanol–water partition coefficient (Wildman–Crippen LogP) is 2.46. The summed E-state index contributed by atoms with van der Waals surface area (Å²) in [5.74, 6) is 0.964. The number of hydrogen-bond acceptors (Lipinski definition) is 2. The van der Waals surface area contributed by atoms with Gasteiger partial charge in [-0.3, -0.25) is 0 Å². The average molecular weight is 219 g/mol. The average Bonchev–Trinajstić information content (AvgIpc) is 2.50. The third kappa shape index (κ3) is 1.61. The molecular formula is C14H21NO. The van der Waals surface area contributed by atoms with E-state index in [2.05, 4.69) is 51.0 Å². The van der Waals surface area contributed by atoms with Crippen molar-refractivity contribution < 1.29 is 4.74 Å². The summed E-state index contributed by atoms with van der Waals surface area (Å²) in [5.41, 5.74) is 3.10. The molecule has 16 heavy (non-hydrogen) atoms. The molecule has 1 unspecified atom stereocenters. The lowest BCUT2D eigenvalue weighted by Crippen LogP contribution is -2.41. The number of methoxy groups -OCH3 is 1. The Morgan fingerprint density at radius 3 is 2.56 bits per heavy atom. The minimum atomic E-state index is 0.202. The Morgan fingerprint density at radius 2 is 2.00 bits per heavy atom. The molecule has 0 bridgehead atoms. The van der Waals surface area contributed by atoms with Crippen LogP contribution in [-0.2, 0) is 11.8 Å². The van der Waals surface area contributed by atoms with Gasteiger partial charge in [0.05, 0.1) is 7.11 Å². The van der Waals surface area contributed by atoms with Gasteiger partial charge in [0, 0.05) is 11.5 Å². The molecular weight excluding hydrogens is 198 g/mol. The van der Waals surface area contributed by atoms with E-state index in [-0.39, 0.29) is 5.41 Å². The summed E-state index contributed by atoms with van der Waals surface area (Å²) in [7, 11) is 6.05. The number of rotatable bonds is 2. The van der Waals surface area contributed by atoms with Crippen LogP contribution >= 0.6 is 0 Å². The lowest BCUT2D eigenvalue weighted by molar-refractivity contribution is 0.216. The van der Waals surface area contributed by atoms with E-state index >= 15 is 0 Å². The molecule has 88 valence electrons. The normalized spacial score (nSPS) is 22.2. The van der Waals surface area contributed by atoms with Crippen molar-refractivity contribution in [2.24, 2.45) is 0 Å². The minimum absolute atomic E-state index is 0.202. The first kappa shape index (κ1) is 11.5. The molecule has 0 spiro atoms. The summed E-state index contributed by atoms with van der Waals surface area (Å²) in [6.07, 6.45) is 1.14. The van der Waals surface area contributed by atoms with E-state index in [1.807, 2.05) is 0 Å². The molecule has 0 fully saturated rings. The fourth-order valence-corrected chi connectivity index (χ4v) is 2.93. The smallest absolute Gasteiger partial charge is 0.119 e. The van der Waals surface area contributed by atoms with Crippen molar-refractivity contribution in [1.82, 2.24) is 4.90 Å². The fourth-order valence-electron chi connectivity index (χ4n) is 2.93. The van der Waals surface area contributed by atoms with Crippen LogP contribution in [0.2, 0.25) is 0 Å². The predicted molar refractivity (Wildman–Crippen MR) is 67.2 cm³/mol. The number of fused-ring (bicyclic) bond motifs is 1.